The quantitative estimate of drug-likeness (QED) is 0.400. The molecule has 1 aliphatic rings. The van der Waals surface area contributed by atoms with Crippen LogP contribution in [0.2, 0.25) is 5.04 Å². The predicted octanol–water partition coefficient (Wildman–Crippen LogP) is 5.09. The molecule has 0 aliphatic carbocycles. The normalized spacial score (nSPS) is 21.5. The first-order valence-electron chi connectivity index (χ1n) is 12.0. The Kier molecular flexibility index (Phi) is 7.69. The Labute approximate surface area is 200 Å². The van der Waals surface area contributed by atoms with Crippen molar-refractivity contribution in [2.75, 3.05) is 6.61 Å². The third kappa shape index (κ3) is 5.65. The molecule has 4 nitrogen and oxygen atoms in total. The number of benzene rings is 2. The van der Waals surface area contributed by atoms with Gasteiger partial charge in [-0.25, -0.2) is 0 Å². The van der Waals surface area contributed by atoms with Crippen LogP contribution in [0.1, 0.15) is 61.3 Å². The fourth-order valence-corrected chi connectivity index (χ4v) is 9.50. The Morgan fingerprint density at radius 2 is 1.45 bits per heavy atom. The molecule has 0 spiro atoms. The molecule has 0 unspecified atom stereocenters. The van der Waals surface area contributed by atoms with Gasteiger partial charge in [-0.3, -0.25) is 0 Å². The second-order valence-corrected chi connectivity index (χ2v) is 15.5. The first-order chi connectivity index (χ1) is 15.4. The number of carbonyl (C=O) groups excluding carboxylic acids is 1. The largest absolute Gasteiger partial charge is 0.407 e. The molecular formula is C28H40O4Si. The molecule has 180 valence electrons. The Bertz CT molecular complexity index is 863. The molecule has 33 heavy (non-hydrogen) atoms. The second-order valence-electron chi connectivity index (χ2n) is 11.2. The van der Waals surface area contributed by atoms with Crippen molar-refractivity contribution < 1.29 is 18.7 Å². The molecule has 1 heterocycles. The number of hydrogen-bond donors (Lipinski definition) is 0. The third-order valence-corrected chi connectivity index (χ3v) is 11.7. The summed E-state index contributed by atoms with van der Waals surface area (Å²) in [5, 5.41) is 2.49. The highest BCUT2D eigenvalue weighted by Gasteiger charge is 2.50. The maximum atomic E-state index is 11.7. The van der Waals surface area contributed by atoms with Gasteiger partial charge in [0.2, 0.25) is 0 Å². The van der Waals surface area contributed by atoms with E-state index in [1.165, 1.54) is 10.4 Å². The number of aldehydes is 1. The van der Waals surface area contributed by atoms with E-state index in [1.807, 2.05) is 27.7 Å². The number of carbonyl (C=O) groups is 1. The number of ether oxygens (including phenoxy) is 2. The van der Waals surface area contributed by atoms with E-state index < -0.39 is 19.5 Å². The maximum absolute atomic E-state index is 11.7. The van der Waals surface area contributed by atoms with Gasteiger partial charge in [-0.1, -0.05) is 95.3 Å². The van der Waals surface area contributed by atoms with Crippen LogP contribution >= 0.6 is 0 Å². The van der Waals surface area contributed by atoms with Crippen molar-refractivity contribution in [2.45, 2.75) is 84.3 Å². The van der Waals surface area contributed by atoms with Gasteiger partial charge in [0.25, 0.3) is 8.32 Å². The molecule has 2 aromatic carbocycles. The summed E-state index contributed by atoms with van der Waals surface area (Å²) in [6.45, 7) is 15.2. The molecule has 5 heteroatoms. The van der Waals surface area contributed by atoms with Crippen LogP contribution in [-0.4, -0.2) is 39.2 Å². The molecule has 0 saturated carbocycles. The van der Waals surface area contributed by atoms with Crippen molar-refractivity contribution in [2.24, 2.45) is 5.41 Å². The lowest BCUT2D eigenvalue weighted by atomic mass is 9.83. The van der Waals surface area contributed by atoms with Gasteiger partial charge < -0.3 is 18.7 Å². The SMILES string of the molecule is CC1(C)O[C@H](CCO[Si](c2ccccc2)(c2ccccc2)C(C)(C)C)C[C@@H](C(C)(C)C=O)O1. The lowest BCUT2D eigenvalue weighted by Gasteiger charge is -2.46. The van der Waals surface area contributed by atoms with Crippen molar-refractivity contribution in [3.8, 4) is 0 Å². The van der Waals surface area contributed by atoms with E-state index in [4.69, 9.17) is 13.9 Å². The van der Waals surface area contributed by atoms with Crippen LogP contribution in [-0.2, 0) is 18.7 Å². The molecular weight excluding hydrogens is 428 g/mol. The Morgan fingerprint density at radius 3 is 1.91 bits per heavy atom. The van der Waals surface area contributed by atoms with Crippen molar-refractivity contribution in [3.05, 3.63) is 60.7 Å². The lowest BCUT2D eigenvalue weighted by Crippen LogP contribution is -2.66. The molecule has 0 amide bonds. The fraction of sp³-hybridized carbons (Fsp3) is 0.536. The summed E-state index contributed by atoms with van der Waals surface area (Å²) in [7, 11) is -2.57. The Balaban J connectivity index is 1.87. The van der Waals surface area contributed by atoms with Crippen LogP contribution in [0, 0.1) is 5.41 Å². The van der Waals surface area contributed by atoms with Gasteiger partial charge in [0.15, 0.2) is 5.79 Å². The van der Waals surface area contributed by atoms with Crippen LogP contribution < -0.4 is 10.4 Å². The highest BCUT2D eigenvalue weighted by molar-refractivity contribution is 6.99. The van der Waals surface area contributed by atoms with Gasteiger partial charge in [0.05, 0.1) is 12.2 Å². The average molecular weight is 469 g/mol. The third-order valence-electron chi connectivity index (χ3n) is 6.66. The van der Waals surface area contributed by atoms with E-state index in [2.05, 4.69) is 81.4 Å². The van der Waals surface area contributed by atoms with E-state index in [0.717, 1.165) is 12.7 Å². The molecule has 1 fully saturated rings. The molecule has 0 N–H and O–H groups in total. The first-order valence-corrected chi connectivity index (χ1v) is 13.9. The molecule has 0 bridgehead atoms. The predicted molar refractivity (Wildman–Crippen MR) is 136 cm³/mol. The van der Waals surface area contributed by atoms with E-state index in [-0.39, 0.29) is 17.2 Å². The zero-order valence-corrected chi connectivity index (χ0v) is 22.3. The van der Waals surface area contributed by atoms with Crippen LogP contribution in [0.4, 0.5) is 0 Å². The van der Waals surface area contributed by atoms with E-state index in [1.54, 1.807) is 0 Å². The standard InChI is InChI=1S/C28H40O4Si/c1-26(2,3)33(23-14-10-8-11-15-23,24-16-12-9-13-17-24)30-19-18-22-20-25(27(4,5)21-29)32-28(6,7)31-22/h8-17,21-22,25H,18-20H2,1-7H3/t22-,25+/m1/s1. The number of hydrogen-bond acceptors (Lipinski definition) is 4. The van der Waals surface area contributed by atoms with Crippen molar-refractivity contribution >= 4 is 25.0 Å². The molecule has 1 aliphatic heterocycles. The minimum absolute atomic E-state index is 0.0313. The zero-order valence-electron chi connectivity index (χ0n) is 21.3. The zero-order chi connectivity index (χ0) is 24.3. The second kappa shape index (κ2) is 9.83. The van der Waals surface area contributed by atoms with Crippen LogP contribution in [0.15, 0.2) is 60.7 Å². The molecule has 0 radical (unpaired) electrons. The van der Waals surface area contributed by atoms with Crippen LogP contribution in [0.3, 0.4) is 0 Å². The monoisotopic (exact) mass is 468 g/mol. The number of rotatable bonds is 8. The highest BCUT2D eigenvalue weighted by atomic mass is 28.4. The topological polar surface area (TPSA) is 44.8 Å². The molecule has 3 rings (SSSR count). The van der Waals surface area contributed by atoms with Gasteiger partial charge >= 0.3 is 0 Å². The van der Waals surface area contributed by atoms with Crippen molar-refractivity contribution in [3.63, 3.8) is 0 Å². The van der Waals surface area contributed by atoms with E-state index in [9.17, 15) is 4.79 Å². The summed E-state index contributed by atoms with van der Waals surface area (Å²) in [5.74, 6) is -0.731. The summed E-state index contributed by atoms with van der Waals surface area (Å²) in [6, 6.07) is 21.4. The van der Waals surface area contributed by atoms with Crippen molar-refractivity contribution in [1.82, 2.24) is 0 Å². The summed E-state index contributed by atoms with van der Waals surface area (Å²) < 4.78 is 19.4. The van der Waals surface area contributed by atoms with Crippen LogP contribution in [0.25, 0.3) is 0 Å². The average Bonchev–Trinajstić information content (AvgIpc) is 2.76. The van der Waals surface area contributed by atoms with Gasteiger partial charge in [-0.15, -0.1) is 0 Å². The van der Waals surface area contributed by atoms with Gasteiger partial charge in [-0.2, -0.15) is 0 Å². The minimum Gasteiger partial charge on any atom is -0.407 e. The summed E-state index contributed by atoms with van der Waals surface area (Å²) in [5.41, 5.74) is -0.557. The van der Waals surface area contributed by atoms with Gasteiger partial charge in [0, 0.05) is 18.4 Å². The Morgan fingerprint density at radius 1 is 0.939 bits per heavy atom. The summed E-state index contributed by atoms with van der Waals surface area (Å²) in [6.07, 6.45) is 2.21. The smallest absolute Gasteiger partial charge is 0.261 e. The Hall–Kier alpha value is -1.79. The van der Waals surface area contributed by atoms with Gasteiger partial charge in [0.1, 0.15) is 6.29 Å². The fourth-order valence-electron chi connectivity index (χ4n) is 4.92. The first kappa shape index (κ1) is 25.8. The highest BCUT2D eigenvalue weighted by Crippen LogP contribution is 2.38. The lowest BCUT2D eigenvalue weighted by molar-refractivity contribution is -0.313. The minimum atomic E-state index is -2.57. The van der Waals surface area contributed by atoms with E-state index in [0.29, 0.717) is 13.0 Å². The molecule has 2 atom stereocenters. The van der Waals surface area contributed by atoms with E-state index >= 15 is 0 Å². The van der Waals surface area contributed by atoms with Gasteiger partial charge in [-0.05, 0) is 35.7 Å². The molecule has 0 aromatic heterocycles. The van der Waals surface area contributed by atoms with Crippen LogP contribution in [0.5, 0.6) is 0 Å². The molecule has 2 aromatic rings. The molecule has 1 saturated heterocycles. The van der Waals surface area contributed by atoms with Crippen molar-refractivity contribution in [1.29, 1.82) is 0 Å². The summed E-state index contributed by atoms with van der Waals surface area (Å²) >= 11 is 0. The summed E-state index contributed by atoms with van der Waals surface area (Å²) in [4.78, 5) is 11.7. The maximum Gasteiger partial charge on any atom is 0.261 e.